The number of phenolic OH excluding ortho intramolecular Hbond substituents is 1. The summed E-state index contributed by atoms with van der Waals surface area (Å²) >= 11 is 1.39. The third kappa shape index (κ3) is 2.04. The molecule has 0 bridgehead atoms. The van der Waals surface area contributed by atoms with E-state index < -0.39 is 0 Å². The van der Waals surface area contributed by atoms with Crippen LogP contribution in [0.5, 0.6) is 11.5 Å². The predicted molar refractivity (Wildman–Crippen MR) is 72.5 cm³/mol. The lowest BCUT2D eigenvalue weighted by Gasteiger charge is -2.03. The molecular formula is C13H12N2O3S. The van der Waals surface area contributed by atoms with E-state index in [0.29, 0.717) is 23.4 Å². The van der Waals surface area contributed by atoms with Crippen LogP contribution in [-0.4, -0.2) is 23.3 Å². The molecule has 0 saturated heterocycles. The highest BCUT2D eigenvalue weighted by Crippen LogP contribution is 2.26. The molecule has 1 aromatic carbocycles. The molecule has 1 aliphatic rings. The van der Waals surface area contributed by atoms with Crippen molar-refractivity contribution in [3.63, 3.8) is 0 Å². The first kappa shape index (κ1) is 12.0. The van der Waals surface area contributed by atoms with Gasteiger partial charge in [-0.3, -0.25) is 14.4 Å². The Balaban J connectivity index is 2.14. The average molecular weight is 276 g/mol. The van der Waals surface area contributed by atoms with Gasteiger partial charge in [-0.15, -0.1) is 0 Å². The maximum Gasteiger partial charge on any atom is 0.270 e. The van der Waals surface area contributed by atoms with Crippen LogP contribution in [0.2, 0.25) is 0 Å². The molecule has 1 N–H and O–H groups in total. The Kier molecular flexibility index (Phi) is 2.87. The predicted octanol–water partition coefficient (Wildman–Crippen LogP) is 0.0860. The minimum absolute atomic E-state index is 0.00621. The number of benzene rings is 1. The maximum atomic E-state index is 12.1. The Hall–Kier alpha value is -2.08. The van der Waals surface area contributed by atoms with E-state index >= 15 is 0 Å². The van der Waals surface area contributed by atoms with Gasteiger partial charge in [0.1, 0.15) is 0 Å². The zero-order valence-corrected chi connectivity index (χ0v) is 11.1. The number of aromatic nitrogens is 1. The smallest absolute Gasteiger partial charge is 0.270 e. The van der Waals surface area contributed by atoms with Crippen molar-refractivity contribution in [3.05, 3.63) is 43.5 Å². The van der Waals surface area contributed by atoms with Gasteiger partial charge in [-0.05, 0) is 23.8 Å². The molecule has 98 valence electrons. The monoisotopic (exact) mass is 276 g/mol. The molecule has 0 fully saturated rings. The van der Waals surface area contributed by atoms with E-state index in [-0.39, 0.29) is 11.3 Å². The van der Waals surface area contributed by atoms with Gasteiger partial charge in [-0.1, -0.05) is 17.4 Å². The second kappa shape index (κ2) is 4.55. The van der Waals surface area contributed by atoms with E-state index in [1.54, 1.807) is 28.8 Å². The van der Waals surface area contributed by atoms with Crippen LogP contribution in [-0.2, 0) is 6.54 Å². The molecule has 0 saturated carbocycles. The molecule has 0 aliphatic carbocycles. The van der Waals surface area contributed by atoms with E-state index in [1.807, 2.05) is 0 Å². The summed E-state index contributed by atoms with van der Waals surface area (Å²) in [6.07, 6.45) is 1.79. The molecule has 6 heteroatoms. The number of hydrogen-bond donors (Lipinski definition) is 1. The van der Waals surface area contributed by atoms with Crippen molar-refractivity contribution in [3.8, 4) is 11.5 Å². The first-order valence-electron chi connectivity index (χ1n) is 5.82. The number of aromatic hydroxyl groups is 1. The first-order valence-corrected chi connectivity index (χ1v) is 6.63. The fourth-order valence-corrected chi connectivity index (χ4v) is 3.03. The lowest BCUT2D eigenvalue weighted by atomic mass is 10.2. The van der Waals surface area contributed by atoms with Crippen LogP contribution in [0, 0.1) is 0 Å². The zero-order chi connectivity index (χ0) is 13.4. The highest BCUT2D eigenvalue weighted by molar-refractivity contribution is 7.07. The molecule has 2 aromatic rings. The summed E-state index contributed by atoms with van der Waals surface area (Å²) in [5.41, 5.74) is 0.806. The van der Waals surface area contributed by atoms with Gasteiger partial charge >= 0.3 is 0 Å². The Morgan fingerprint density at radius 1 is 1.53 bits per heavy atom. The summed E-state index contributed by atoms with van der Waals surface area (Å²) in [5.74, 6) is 0.475. The number of nitrogens with zero attached hydrogens (tertiary/aromatic N) is 2. The number of phenols is 1. The molecular weight excluding hydrogens is 264 g/mol. The van der Waals surface area contributed by atoms with Crippen molar-refractivity contribution < 1.29 is 9.84 Å². The van der Waals surface area contributed by atoms with E-state index in [4.69, 9.17) is 4.74 Å². The van der Waals surface area contributed by atoms with Crippen LogP contribution in [0.25, 0.3) is 6.08 Å². The van der Waals surface area contributed by atoms with E-state index in [1.165, 1.54) is 18.4 Å². The van der Waals surface area contributed by atoms with E-state index in [9.17, 15) is 9.90 Å². The lowest BCUT2D eigenvalue weighted by Crippen LogP contribution is -2.29. The molecule has 3 rings (SSSR count). The zero-order valence-electron chi connectivity index (χ0n) is 10.3. The molecule has 1 aliphatic heterocycles. The molecule has 0 amide bonds. The summed E-state index contributed by atoms with van der Waals surface area (Å²) in [7, 11) is 1.49. The molecule has 1 aromatic heterocycles. The van der Waals surface area contributed by atoms with Crippen LogP contribution < -0.4 is 19.6 Å². The molecule has 0 unspecified atom stereocenters. The van der Waals surface area contributed by atoms with Crippen LogP contribution >= 0.6 is 11.3 Å². The second-order valence-electron chi connectivity index (χ2n) is 4.16. The molecule has 2 heterocycles. The number of thiazole rings is 1. The fourth-order valence-electron chi connectivity index (χ4n) is 2.00. The number of rotatable bonds is 2. The Labute approximate surface area is 112 Å². The molecule has 19 heavy (non-hydrogen) atoms. The fraction of sp³-hybridized carbons (Fsp3) is 0.231. The third-order valence-corrected chi connectivity index (χ3v) is 4.00. The quantitative estimate of drug-likeness (QED) is 0.845. The van der Waals surface area contributed by atoms with Gasteiger partial charge in [-0.25, -0.2) is 0 Å². The van der Waals surface area contributed by atoms with Gasteiger partial charge in [0.2, 0.25) is 0 Å². The number of ether oxygens (including phenoxy) is 1. The van der Waals surface area contributed by atoms with Crippen molar-refractivity contribution in [2.75, 3.05) is 13.7 Å². The SMILES string of the molecule is COc1cc(/C=c2\sc3n(c2=O)CCN=3)ccc1O. The summed E-state index contributed by atoms with van der Waals surface area (Å²) in [6.45, 7) is 1.35. The van der Waals surface area contributed by atoms with Gasteiger partial charge in [0, 0.05) is 6.54 Å². The van der Waals surface area contributed by atoms with Gasteiger partial charge in [-0.2, -0.15) is 0 Å². The van der Waals surface area contributed by atoms with Crippen molar-refractivity contribution in [2.24, 2.45) is 4.99 Å². The molecule has 0 atom stereocenters. The second-order valence-corrected chi connectivity index (χ2v) is 5.17. The van der Waals surface area contributed by atoms with Gasteiger partial charge < -0.3 is 9.84 Å². The Morgan fingerprint density at radius 3 is 3.11 bits per heavy atom. The van der Waals surface area contributed by atoms with Crippen molar-refractivity contribution in [2.45, 2.75) is 6.54 Å². The highest BCUT2D eigenvalue weighted by Gasteiger charge is 2.09. The van der Waals surface area contributed by atoms with E-state index in [0.717, 1.165) is 10.4 Å². The number of methoxy groups -OCH3 is 1. The lowest BCUT2D eigenvalue weighted by molar-refractivity contribution is 0.373. The van der Waals surface area contributed by atoms with Crippen LogP contribution in [0.15, 0.2) is 28.0 Å². The Bertz CT molecular complexity index is 804. The van der Waals surface area contributed by atoms with Gasteiger partial charge in [0.05, 0.1) is 18.2 Å². The third-order valence-electron chi connectivity index (χ3n) is 2.96. The molecule has 0 radical (unpaired) electrons. The van der Waals surface area contributed by atoms with Gasteiger partial charge in [0.15, 0.2) is 16.3 Å². The van der Waals surface area contributed by atoms with E-state index in [2.05, 4.69) is 4.99 Å². The first-order chi connectivity index (χ1) is 9.19. The topological polar surface area (TPSA) is 63.8 Å². The molecule has 0 spiro atoms. The number of fused-ring (bicyclic) bond motifs is 1. The average Bonchev–Trinajstić information content (AvgIpc) is 2.96. The van der Waals surface area contributed by atoms with Gasteiger partial charge in [0.25, 0.3) is 5.56 Å². The summed E-state index contributed by atoms with van der Waals surface area (Å²) < 4.78 is 7.38. The highest BCUT2D eigenvalue weighted by atomic mass is 32.1. The van der Waals surface area contributed by atoms with Crippen LogP contribution in [0.4, 0.5) is 0 Å². The van der Waals surface area contributed by atoms with Crippen LogP contribution in [0.3, 0.4) is 0 Å². The summed E-state index contributed by atoms with van der Waals surface area (Å²) in [4.78, 5) is 17.1. The largest absolute Gasteiger partial charge is 0.504 e. The number of hydrogen-bond acceptors (Lipinski definition) is 5. The minimum Gasteiger partial charge on any atom is -0.504 e. The van der Waals surface area contributed by atoms with Crippen LogP contribution in [0.1, 0.15) is 5.56 Å². The summed E-state index contributed by atoms with van der Waals surface area (Å²) in [6, 6.07) is 4.99. The standard InChI is InChI=1S/C13H12N2O3S/c1-18-10-6-8(2-3-9(10)16)7-11-12(17)15-5-4-14-13(15)19-11/h2-3,6-7,16H,4-5H2,1H3/b11-7-. The normalized spacial score (nSPS) is 14.3. The van der Waals surface area contributed by atoms with Crippen molar-refractivity contribution >= 4 is 17.4 Å². The Morgan fingerprint density at radius 2 is 2.37 bits per heavy atom. The minimum atomic E-state index is -0.00621. The maximum absolute atomic E-state index is 12.1. The van der Waals surface area contributed by atoms with Crippen molar-refractivity contribution in [1.82, 2.24) is 4.57 Å². The van der Waals surface area contributed by atoms with Crippen molar-refractivity contribution in [1.29, 1.82) is 0 Å². The summed E-state index contributed by atoms with van der Waals surface area (Å²) in [5, 5.41) is 9.53. The molecule has 5 nitrogen and oxygen atoms in total.